The molecule has 3 rings (SSSR count). The van der Waals surface area contributed by atoms with E-state index < -0.39 is 0 Å². The van der Waals surface area contributed by atoms with Gasteiger partial charge in [0.05, 0.1) is 12.7 Å². The number of aromatic nitrogens is 2. The van der Waals surface area contributed by atoms with Crippen molar-refractivity contribution in [3.63, 3.8) is 0 Å². The van der Waals surface area contributed by atoms with Crippen LogP contribution in [0, 0.1) is 6.92 Å². The van der Waals surface area contributed by atoms with Gasteiger partial charge in [-0.2, -0.15) is 0 Å². The number of nitrogens with zero attached hydrogens (tertiary/aromatic N) is 2. The molecule has 130 valence electrons. The highest BCUT2D eigenvalue weighted by Crippen LogP contribution is 2.29. The predicted molar refractivity (Wildman–Crippen MR) is 99.2 cm³/mol. The maximum Gasteiger partial charge on any atom is 0.253 e. The lowest BCUT2D eigenvalue weighted by Crippen LogP contribution is -2.26. The number of carbonyl (C=O) groups is 1. The van der Waals surface area contributed by atoms with Crippen LogP contribution in [0.4, 0.5) is 0 Å². The summed E-state index contributed by atoms with van der Waals surface area (Å²) in [5, 5.41) is 3.97. The minimum absolute atomic E-state index is 0.0444. The quantitative estimate of drug-likeness (QED) is 0.750. The van der Waals surface area contributed by atoms with Crippen molar-refractivity contribution in [3.05, 3.63) is 59.5 Å². The summed E-state index contributed by atoms with van der Waals surface area (Å²) < 4.78 is 7.49. The van der Waals surface area contributed by atoms with E-state index in [1.54, 1.807) is 19.5 Å². The Morgan fingerprint density at radius 3 is 2.68 bits per heavy atom. The molecule has 0 saturated carbocycles. The number of fused-ring (bicyclic) bond motifs is 1. The van der Waals surface area contributed by atoms with E-state index in [1.807, 2.05) is 37.3 Å². The van der Waals surface area contributed by atoms with E-state index in [4.69, 9.17) is 4.74 Å². The Bertz CT molecular complexity index is 885. The molecule has 1 aromatic carbocycles. The topological polar surface area (TPSA) is 56.2 Å². The number of pyridine rings is 1. The normalized spacial score (nSPS) is 10.8. The molecule has 0 unspecified atom stereocenters. The molecule has 0 aliphatic heterocycles. The van der Waals surface area contributed by atoms with Gasteiger partial charge in [0.15, 0.2) is 0 Å². The zero-order valence-corrected chi connectivity index (χ0v) is 14.9. The summed E-state index contributed by atoms with van der Waals surface area (Å²) in [4.78, 5) is 16.8. The third-order valence-electron chi connectivity index (χ3n) is 4.52. The number of carbonyl (C=O) groups excluding carboxylic acids is 1. The van der Waals surface area contributed by atoms with Crippen LogP contribution >= 0.6 is 0 Å². The third-order valence-corrected chi connectivity index (χ3v) is 4.52. The fourth-order valence-electron chi connectivity index (χ4n) is 3.24. The average Bonchev–Trinajstić information content (AvgIpc) is 2.92. The van der Waals surface area contributed by atoms with E-state index in [1.165, 1.54) is 0 Å². The van der Waals surface area contributed by atoms with Crippen molar-refractivity contribution in [2.75, 3.05) is 13.7 Å². The maximum atomic E-state index is 12.8. The van der Waals surface area contributed by atoms with Crippen molar-refractivity contribution < 1.29 is 9.53 Å². The molecule has 0 atom stereocenters. The van der Waals surface area contributed by atoms with Gasteiger partial charge in [0.25, 0.3) is 5.91 Å². The first kappa shape index (κ1) is 17.0. The predicted octanol–water partition coefficient (Wildman–Crippen LogP) is 3.35. The fraction of sp³-hybridized carbons (Fsp3) is 0.300. The largest absolute Gasteiger partial charge is 0.497 e. The number of nitrogens with one attached hydrogen (secondary N) is 1. The summed E-state index contributed by atoms with van der Waals surface area (Å²) in [5.41, 5.74) is 3.92. The number of rotatable bonds is 6. The molecule has 2 heterocycles. The molecule has 0 bridgehead atoms. The van der Waals surface area contributed by atoms with Gasteiger partial charge in [-0.3, -0.25) is 9.78 Å². The van der Waals surface area contributed by atoms with E-state index in [0.29, 0.717) is 6.54 Å². The van der Waals surface area contributed by atoms with Crippen LogP contribution in [-0.4, -0.2) is 29.1 Å². The van der Waals surface area contributed by atoms with Gasteiger partial charge in [-0.1, -0.05) is 0 Å². The highest BCUT2D eigenvalue weighted by molar-refractivity contribution is 6.08. The lowest BCUT2D eigenvalue weighted by molar-refractivity contribution is 0.0955. The summed E-state index contributed by atoms with van der Waals surface area (Å²) in [6, 6.07) is 9.81. The number of hydrogen-bond acceptors (Lipinski definition) is 3. The first-order valence-corrected chi connectivity index (χ1v) is 8.49. The van der Waals surface area contributed by atoms with Gasteiger partial charge in [-0.15, -0.1) is 0 Å². The van der Waals surface area contributed by atoms with Crippen molar-refractivity contribution in [1.82, 2.24) is 14.9 Å². The molecule has 0 fully saturated rings. The number of aryl methyl sites for hydroxylation is 1. The Kier molecular flexibility index (Phi) is 5.03. The van der Waals surface area contributed by atoms with Crippen LogP contribution in [0.1, 0.15) is 28.5 Å². The molecule has 5 nitrogen and oxygen atoms in total. The Morgan fingerprint density at radius 1 is 1.24 bits per heavy atom. The monoisotopic (exact) mass is 337 g/mol. The van der Waals surface area contributed by atoms with Crippen molar-refractivity contribution >= 4 is 16.8 Å². The second-order valence-corrected chi connectivity index (χ2v) is 5.95. The van der Waals surface area contributed by atoms with Crippen LogP contribution in [-0.2, 0) is 13.0 Å². The van der Waals surface area contributed by atoms with Crippen LogP contribution in [0.25, 0.3) is 10.9 Å². The minimum Gasteiger partial charge on any atom is -0.497 e. The number of methoxy groups -OCH3 is 1. The smallest absolute Gasteiger partial charge is 0.253 e. The minimum atomic E-state index is -0.0444. The molecule has 2 aromatic heterocycles. The Labute approximate surface area is 147 Å². The molecule has 0 saturated heterocycles. The fourth-order valence-corrected chi connectivity index (χ4v) is 3.24. The maximum absolute atomic E-state index is 12.8. The van der Waals surface area contributed by atoms with Crippen LogP contribution < -0.4 is 10.1 Å². The Balaban J connectivity index is 1.86. The summed E-state index contributed by atoms with van der Waals surface area (Å²) in [6.45, 7) is 5.49. The van der Waals surface area contributed by atoms with E-state index in [-0.39, 0.29) is 5.91 Å². The van der Waals surface area contributed by atoms with Crippen LogP contribution in [0.2, 0.25) is 0 Å². The highest BCUT2D eigenvalue weighted by atomic mass is 16.5. The number of ether oxygens (including phenoxy) is 1. The number of benzene rings is 1. The second kappa shape index (κ2) is 7.38. The van der Waals surface area contributed by atoms with Crippen molar-refractivity contribution in [1.29, 1.82) is 0 Å². The van der Waals surface area contributed by atoms with E-state index in [2.05, 4.69) is 21.8 Å². The molecular weight excluding hydrogens is 314 g/mol. The Hall–Kier alpha value is -2.82. The molecule has 0 aliphatic rings. The van der Waals surface area contributed by atoms with Gasteiger partial charge in [-0.25, -0.2) is 0 Å². The van der Waals surface area contributed by atoms with Gasteiger partial charge in [-0.05, 0) is 56.2 Å². The number of amides is 1. The van der Waals surface area contributed by atoms with Gasteiger partial charge in [0.1, 0.15) is 5.75 Å². The second-order valence-electron chi connectivity index (χ2n) is 5.95. The molecule has 25 heavy (non-hydrogen) atoms. The molecule has 0 radical (unpaired) electrons. The van der Waals surface area contributed by atoms with Gasteiger partial charge >= 0.3 is 0 Å². The van der Waals surface area contributed by atoms with Gasteiger partial charge in [0.2, 0.25) is 0 Å². The highest BCUT2D eigenvalue weighted by Gasteiger charge is 2.19. The first-order chi connectivity index (χ1) is 12.2. The standard InChI is InChI=1S/C20H23N3O2/c1-4-23-14(2)19(17-13-16(25-3)5-6-18(17)23)20(24)22-12-9-15-7-10-21-11-8-15/h5-8,10-11,13H,4,9,12H2,1-3H3,(H,22,24). The third kappa shape index (κ3) is 3.36. The first-order valence-electron chi connectivity index (χ1n) is 8.49. The lowest BCUT2D eigenvalue weighted by atomic mass is 10.1. The van der Waals surface area contributed by atoms with Crippen molar-refractivity contribution in [2.45, 2.75) is 26.8 Å². The van der Waals surface area contributed by atoms with Crippen LogP contribution in [0.15, 0.2) is 42.7 Å². The van der Waals surface area contributed by atoms with E-state index >= 15 is 0 Å². The lowest BCUT2D eigenvalue weighted by Gasteiger charge is -2.07. The van der Waals surface area contributed by atoms with Gasteiger partial charge < -0.3 is 14.6 Å². The van der Waals surface area contributed by atoms with Crippen LogP contribution in [0.5, 0.6) is 5.75 Å². The molecule has 3 aromatic rings. The SMILES string of the molecule is CCn1c(C)c(C(=O)NCCc2ccncc2)c2cc(OC)ccc21. The zero-order chi connectivity index (χ0) is 17.8. The molecule has 0 aliphatic carbocycles. The summed E-state index contributed by atoms with van der Waals surface area (Å²) >= 11 is 0. The summed E-state index contributed by atoms with van der Waals surface area (Å²) in [6.07, 6.45) is 4.31. The number of hydrogen-bond donors (Lipinski definition) is 1. The molecule has 1 N–H and O–H groups in total. The van der Waals surface area contributed by atoms with E-state index in [9.17, 15) is 4.79 Å². The van der Waals surface area contributed by atoms with E-state index in [0.717, 1.165) is 46.4 Å². The molecular formula is C20H23N3O2. The zero-order valence-electron chi connectivity index (χ0n) is 14.9. The van der Waals surface area contributed by atoms with Crippen molar-refractivity contribution in [2.24, 2.45) is 0 Å². The van der Waals surface area contributed by atoms with Crippen LogP contribution in [0.3, 0.4) is 0 Å². The Morgan fingerprint density at radius 2 is 2.00 bits per heavy atom. The molecule has 0 spiro atoms. The van der Waals surface area contributed by atoms with Gasteiger partial charge in [0, 0.05) is 42.1 Å². The van der Waals surface area contributed by atoms with Crippen molar-refractivity contribution in [3.8, 4) is 5.75 Å². The summed E-state index contributed by atoms with van der Waals surface area (Å²) in [7, 11) is 1.64. The molecule has 5 heteroatoms. The average molecular weight is 337 g/mol. The molecule has 1 amide bonds. The summed E-state index contributed by atoms with van der Waals surface area (Å²) in [5.74, 6) is 0.712.